The van der Waals surface area contributed by atoms with Crippen LogP contribution < -0.4 is 5.73 Å². The maximum absolute atomic E-state index is 12.1. The lowest BCUT2D eigenvalue weighted by atomic mass is 10.1. The number of carbonyl (C=O) groups is 2. The number of carbonyl (C=O) groups excluding carboxylic acids is 1. The first-order valence-electron chi connectivity index (χ1n) is 5.48. The van der Waals surface area contributed by atoms with Crippen molar-refractivity contribution < 1.29 is 14.7 Å². The summed E-state index contributed by atoms with van der Waals surface area (Å²) >= 11 is 0. The number of carboxylic acid groups (broad SMARTS) is 1. The van der Waals surface area contributed by atoms with Crippen LogP contribution in [0.25, 0.3) is 0 Å². The topological polar surface area (TPSA) is 83.6 Å². The molecule has 3 N–H and O–H groups in total. The molecule has 1 atom stereocenters. The average Bonchev–Trinajstić information content (AvgIpc) is 2.37. The Kier molecular flexibility index (Phi) is 5.07. The average molecular weight is 248 g/mol. The Hall–Kier alpha value is -2.14. The molecule has 0 radical (unpaired) electrons. The molecule has 0 saturated carbocycles. The zero-order valence-electron chi connectivity index (χ0n) is 9.95. The van der Waals surface area contributed by atoms with Crippen LogP contribution in [0.1, 0.15) is 11.6 Å². The van der Waals surface area contributed by atoms with Crippen LogP contribution in [0.5, 0.6) is 0 Å². The highest BCUT2D eigenvalue weighted by Gasteiger charge is 2.23. The molecule has 1 aromatic carbocycles. The quantitative estimate of drug-likeness (QED) is 0.729. The molecule has 0 heterocycles. The molecule has 5 nitrogen and oxygen atoms in total. The molecule has 0 aliphatic carbocycles. The molecular formula is C13H16N2O3. The molecule has 0 aliphatic rings. The predicted molar refractivity (Wildman–Crippen MR) is 67.8 cm³/mol. The highest BCUT2D eigenvalue weighted by atomic mass is 16.4. The van der Waals surface area contributed by atoms with Crippen molar-refractivity contribution in [3.63, 3.8) is 0 Å². The summed E-state index contributed by atoms with van der Waals surface area (Å²) in [6.07, 6.45) is 1.47. The molecule has 0 spiro atoms. The number of amides is 1. The third kappa shape index (κ3) is 3.71. The number of hydrogen-bond acceptors (Lipinski definition) is 3. The SMILES string of the molecule is C=CCN(CC(=O)O)C(=O)[C@@H](N)c1ccccc1. The van der Waals surface area contributed by atoms with E-state index in [0.717, 1.165) is 4.90 Å². The van der Waals surface area contributed by atoms with Gasteiger partial charge in [0.1, 0.15) is 12.6 Å². The van der Waals surface area contributed by atoms with E-state index in [1.807, 2.05) is 6.07 Å². The normalized spacial score (nSPS) is 11.6. The highest BCUT2D eigenvalue weighted by Crippen LogP contribution is 2.12. The van der Waals surface area contributed by atoms with Gasteiger partial charge in [-0.2, -0.15) is 0 Å². The van der Waals surface area contributed by atoms with Crippen molar-refractivity contribution in [3.05, 3.63) is 48.6 Å². The lowest BCUT2D eigenvalue weighted by Gasteiger charge is -2.22. The summed E-state index contributed by atoms with van der Waals surface area (Å²) in [5.74, 6) is -1.51. The van der Waals surface area contributed by atoms with Gasteiger partial charge in [0.25, 0.3) is 0 Å². The van der Waals surface area contributed by atoms with Crippen molar-refractivity contribution in [2.75, 3.05) is 13.1 Å². The van der Waals surface area contributed by atoms with Gasteiger partial charge in [0.15, 0.2) is 0 Å². The van der Waals surface area contributed by atoms with E-state index < -0.39 is 17.9 Å². The van der Waals surface area contributed by atoms with Crippen LogP contribution >= 0.6 is 0 Å². The molecule has 1 rings (SSSR count). The molecule has 0 unspecified atom stereocenters. The van der Waals surface area contributed by atoms with Crippen LogP contribution in [0, 0.1) is 0 Å². The second kappa shape index (κ2) is 6.56. The number of rotatable bonds is 6. The smallest absolute Gasteiger partial charge is 0.323 e. The van der Waals surface area contributed by atoms with Gasteiger partial charge in [0.05, 0.1) is 0 Å². The molecule has 1 amide bonds. The Morgan fingerprint density at radius 2 is 2.00 bits per heavy atom. The van der Waals surface area contributed by atoms with E-state index in [2.05, 4.69) is 6.58 Å². The van der Waals surface area contributed by atoms with Gasteiger partial charge < -0.3 is 15.7 Å². The fourth-order valence-corrected chi connectivity index (χ4v) is 1.55. The number of nitrogens with zero attached hydrogens (tertiary/aromatic N) is 1. The minimum Gasteiger partial charge on any atom is -0.480 e. The molecule has 0 aliphatic heterocycles. The zero-order chi connectivity index (χ0) is 13.5. The number of nitrogens with two attached hydrogens (primary N) is 1. The van der Waals surface area contributed by atoms with E-state index in [1.165, 1.54) is 6.08 Å². The number of carboxylic acids is 1. The van der Waals surface area contributed by atoms with Crippen LogP contribution in [-0.2, 0) is 9.59 Å². The van der Waals surface area contributed by atoms with Crippen LogP contribution in [-0.4, -0.2) is 35.0 Å². The van der Waals surface area contributed by atoms with Gasteiger partial charge in [0, 0.05) is 6.54 Å². The first-order chi connectivity index (χ1) is 8.56. The Balaban J connectivity index is 2.82. The summed E-state index contributed by atoms with van der Waals surface area (Å²) in [4.78, 5) is 23.9. The summed E-state index contributed by atoms with van der Waals surface area (Å²) in [5, 5.41) is 8.74. The lowest BCUT2D eigenvalue weighted by molar-refractivity contribution is -0.144. The van der Waals surface area contributed by atoms with Gasteiger partial charge in [0.2, 0.25) is 5.91 Å². The summed E-state index contributed by atoms with van der Waals surface area (Å²) in [5.41, 5.74) is 6.48. The summed E-state index contributed by atoms with van der Waals surface area (Å²) in [6, 6.07) is 7.98. The summed E-state index contributed by atoms with van der Waals surface area (Å²) in [7, 11) is 0. The monoisotopic (exact) mass is 248 g/mol. The maximum atomic E-state index is 12.1. The maximum Gasteiger partial charge on any atom is 0.323 e. The molecular weight excluding hydrogens is 232 g/mol. The molecule has 0 saturated heterocycles. The van der Waals surface area contributed by atoms with E-state index in [-0.39, 0.29) is 13.1 Å². The largest absolute Gasteiger partial charge is 0.480 e. The van der Waals surface area contributed by atoms with Gasteiger partial charge in [-0.15, -0.1) is 6.58 Å². The van der Waals surface area contributed by atoms with Gasteiger partial charge in [-0.1, -0.05) is 36.4 Å². The van der Waals surface area contributed by atoms with Gasteiger partial charge in [-0.25, -0.2) is 0 Å². The van der Waals surface area contributed by atoms with Crippen LogP contribution in [0.4, 0.5) is 0 Å². The van der Waals surface area contributed by atoms with Crippen molar-refractivity contribution in [3.8, 4) is 0 Å². The zero-order valence-corrected chi connectivity index (χ0v) is 9.95. The molecule has 18 heavy (non-hydrogen) atoms. The summed E-state index contributed by atoms with van der Waals surface area (Å²) < 4.78 is 0. The molecule has 0 bridgehead atoms. The van der Waals surface area contributed by atoms with Gasteiger partial charge >= 0.3 is 5.97 Å². The van der Waals surface area contributed by atoms with Crippen molar-refractivity contribution in [1.29, 1.82) is 0 Å². The summed E-state index contributed by atoms with van der Waals surface area (Å²) in [6.45, 7) is 3.27. The van der Waals surface area contributed by atoms with E-state index in [0.29, 0.717) is 5.56 Å². The number of hydrogen-bond donors (Lipinski definition) is 2. The molecule has 96 valence electrons. The van der Waals surface area contributed by atoms with Crippen molar-refractivity contribution >= 4 is 11.9 Å². The second-order valence-electron chi connectivity index (χ2n) is 3.79. The standard InChI is InChI=1S/C13H16N2O3/c1-2-8-15(9-11(16)17)13(18)12(14)10-6-4-3-5-7-10/h2-7,12H,1,8-9,14H2,(H,16,17)/t12-/m0/s1. The Bertz CT molecular complexity index is 431. The first-order valence-corrected chi connectivity index (χ1v) is 5.48. The van der Waals surface area contributed by atoms with Gasteiger partial charge in [-0.3, -0.25) is 9.59 Å². The van der Waals surface area contributed by atoms with Crippen LogP contribution in [0.3, 0.4) is 0 Å². The van der Waals surface area contributed by atoms with Crippen LogP contribution in [0.15, 0.2) is 43.0 Å². The first kappa shape index (κ1) is 13.9. The molecule has 0 aromatic heterocycles. The van der Waals surface area contributed by atoms with E-state index in [1.54, 1.807) is 24.3 Å². The fourth-order valence-electron chi connectivity index (χ4n) is 1.55. The fraction of sp³-hybridized carbons (Fsp3) is 0.231. The third-order valence-electron chi connectivity index (χ3n) is 2.41. The van der Waals surface area contributed by atoms with E-state index in [4.69, 9.17) is 10.8 Å². The Morgan fingerprint density at radius 1 is 1.39 bits per heavy atom. The lowest BCUT2D eigenvalue weighted by Crippen LogP contribution is -2.41. The molecule has 0 fully saturated rings. The molecule has 5 heteroatoms. The third-order valence-corrected chi connectivity index (χ3v) is 2.41. The van der Waals surface area contributed by atoms with Gasteiger partial charge in [-0.05, 0) is 5.56 Å². The van der Waals surface area contributed by atoms with Crippen molar-refractivity contribution in [2.45, 2.75) is 6.04 Å². The van der Waals surface area contributed by atoms with Crippen molar-refractivity contribution in [1.82, 2.24) is 4.90 Å². The number of aliphatic carboxylic acids is 1. The minimum atomic E-state index is -1.08. The Morgan fingerprint density at radius 3 is 2.50 bits per heavy atom. The second-order valence-corrected chi connectivity index (χ2v) is 3.79. The minimum absolute atomic E-state index is 0.158. The van der Waals surface area contributed by atoms with Crippen LogP contribution in [0.2, 0.25) is 0 Å². The Labute approximate surface area is 106 Å². The highest BCUT2D eigenvalue weighted by molar-refractivity contribution is 5.86. The van der Waals surface area contributed by atoms with E-state index in [9.17, 15) is 9.59 Å². The van der Waals surface area contributed by atoms with Crippen molar-refractivity contribution in [2.24, 2.45) is 5.73 Å². The van der Waals surface area contributed by atoms with E-state index >= 15 is 0 Å². The predicted octanol–water partition coefficient (Wildman–Crippen LogP) is 0.786. The molecule has 1 aromatic rings. The number of benzene rings is 1.